The first-order valence-corrected chi connectivity index (χ1v) is 13.4. The van der Waals surface area contributed by atoms with Crippen LogP contribution in [0.3, 0.4) is 0 Å². The second kappa shape index (κ2) is 11.2. The number of alkyl halides is 3. The molecule has 0 spiro atoms. The molecule has 0 bridgehead atoms. The minimum Gasteiger partial charge on any atom is -0.478 e. The Bertz CT molecular complexity index is 1460. The number of hydrogen-bond donors (Lipinski definition) is 2. The molecule has 2 heterocycles. The zero-order valence-electron chi connectivity index (χ0n) is 22.0. The molecule has 1 aliphatic rings. The summed E-state index contributed by atoms with van der Waals surface area (Å²) in [5.74, 6) is -1.15. The number of aliphatic hydroxyl groups is 1. The molecule has 0 aliphatic carbocycles. The molecule has 0 fully saturated rings. The number of para-hydroxylation sites is 1. The first-order valence-electron chi connectivity index (χ1n) is 12.5. The van der Waals surface area contributed by atoms with Crippen molar-refractivity contribution < 1.29 is 28.2 Å². The molecular weight excluding hydrogens is 525 g/mol. The lowest BCUT2D eigenvalue weighted by molar-refractivity contribution is -0.137. The summed E-state index contributed by atoms with van der Waals surface area (Å²) < 4.78 is 39.0. The molecule has 0 amide bonds. The first-order chi connectivity index (χ1) is 18.5. The largest absolute Gasteiger partial charge is 0.478 e. The number of aryl methyl sites for hydroxylation is 2. The van der Waals surface area contributed by atoms with E-state index in [1.165, 1.54) is 29.5 Å². The van der Waals surface area contributed by atoms with E-state index >= 15 is 0 Å². The van der Waals surface area contributed by atoms with Gasteiger partial charge < -0.3 is 15.1 Å². The van der Waals surface area contributed by atoms with Gasteiger partial charge in [-0.2, -0.15) is 13.2 Å². The number of thiazole rings is 1. The number of aliphatic carboxylic acids is 1. The molecule has 1 unspecified atom stereocenters. The average molecular weight is 555 g/mol. The van der Waals surface area contributed by atoms with E-state index in [1.807, 2.05) is 45.9 Å². The van der Waals surface area contributed by atoms with Crippen LogP contribution in [0.15, 0.2) is 76.8 Å². The molecule has 0 saturated carbocycles. The number of halogens is 3. The summed E-state index contributed by atoms with van der Waals surface area (Å²) in [6.45, 7) is 7.73. The molecule has 0 saturated heterocycles. The standard InChI is InChI=1S/C30H29F3N2O3S/c1-5-18-8-7-9-19(6-2)26(18)35-25(14-17(3)4)22(29(37)38)15-23(28(35)36)27-34-24(16-39-27)20-10-12-21(13-11-20)30(31,32)33/h7-16,28,36H,5-6H2,1-4H3,(H,37,38). The number of benzene rings is 2. The summed E-state index contributed by atoms with van der Waals surface area (Å²) in [4.78, 5) is 18.8. The zero-order chi connectivity index (χ0) is 28.5. The van der Waals surface area contributed by atoms with Crippen molar-refractivity contribution in [1.29, 1.82) is 0 Å². The van der Waals surface area contributed by atoms with Gasteiger partial charge in [0.25, 0.3) is 0 Å². The van der Waals surface area contributed by atoms with Gasteiger partial charge in [0.15, 0.2) is 6.23 Å². The van der Waals surface area contributed by atoms with E-state index in [0.717, 1.165) is 34.5 Å². The molecule has 39 heavy (non-hydrogen) atoms. The molecule has 0 radical (unpaired) electrons. The third-order valence-electron chi connectivity index (χ3n) is 6.48. The third kappa shape index (κ3) is 5.69. The van der Waals surface area contributed by atoms with Gasteiger partial charge in [-0.25, -0.2) is 9.78 Å². The number of nitrogens with zero attached hydrogens (tertiary/aromatic N) is 2. The molecule has 2 N–H and O–H groups in total. The van der Waals surface area contributed by atoms with Crippen LogP contribution in [0, 0.1) is 0 Å². The van der Waals surface area contributed by atoms with Gasteiger partial charge in [0.2, 0.25) is 0 Å². The second-order valence-corrected chi connectivity index (χ2v) is 10.3. The number of anilines is 1. The lowest BCUT2D eigenvalue weighted by Gasteiger charge is -2.38. The van der Waals surface area contributed by atoms with Crippen LogP contribution in [0.25, 0.3) is 16.8 Å². The molecule has 5 nitrogen and oxygen atoms in total. The van der Waals surface area contributed by atoms with Crippen molar-refractivity contribution in [2.75, 3.05) is 4.90 Å². The number of carbonyl (C=O) groups is 1. The van der Waals surface area contributed by atoms with E-state index in [9.17, 15) is 28.2 Å². The summed E-state index contributed by atoms with van der Waals surface area (Å²) in [6.07, 6.45) is -1.16. The normalized spacial score (nSPS) is 15.8. The number of aromatic nitrogens is 1. The van der Waals surface area contributed by atoms with Crippen LogP contribution in [0.4, 0.5) is 18.9 Å². The second-order valence-electron chi connectivity index (χ2n) is 9.41. The summed E-state index contributed by atoms with van der Waals surface area (Å²) in [6, 6.07) is 10.6. The van der Waals surface area contributed by atoms with E-state index in [-0.39, 0.29) is 5.57 Å². The lowest BCUT2D eigenvalue weighted by Crippen LogP contribution is -2.40. The minimum absolute atomic E-state index is 0.00994. The van der Waals surface area contributed by atoms with Crippen LogP contribution in [0.2, 0.25) is 0 Å². The van der Waals surface area contributed by atoms with Crippen molar-refractivity contribution in [2.24, 2.45) is 0 Å². The van der Waals surface area contributed by atoms with Crippen molar-refractivity contribution in [1.82, 2.24) is 4.98 Å². The smallest absolute Gasteiger partial charge is 0.416 e. The van der Waals surface area contributed by atoms with Crippen molar-refractivity contribution >= 4 is 28.6 Å². The first kappa shape index (κ1) is 28.3. The van der Waals surface area contributed by atoms with Crippen LogP contribution in [0.5, 0.6) is 0 Å². The quantitative estimate of drug-likeness (QED) is 0.317. The van der Waals surface area contributed by atoms with Crippen molar-refractivity contribution in [3.8, 4) is 11.3 Å². The van der Waals surface area contributed by atoms with E-state index in [4.69, 9.17) is 0 Å². The van der Waals surface area contributed by atoms with Crippen LogP contribution in [0.1, 0.15) is 49.4 Å². The van der Waals surface area contributed by atoms with Crippen LogP contribution in [-0.2, 0) is 23.8 Å². The molecule has 1 aliphatic heterocycles. The van der Waals surface area contributed by atoms with Gasteiger partial charge in [0, 0.05) is 16.5 Å². The maximum Gasteiger partial charge on any atom is 0.416 e. The maximum atomic E-state index is 13.0. The Balaban J connectivity index is 1.88. The fraction of sp³-hybridized carbons (Fsp3) is 0.267. The van der Waals surface area contributed by atoms with Crippen molar-refractivity contribution in [2.45, 2.75) is 52.9 Å². The summed E-state index contributed by atoms with van der Waals surface area (Å²) in [7, 11) is 0. The zero-order valence-corrected chi connectivity index (χ0v) is 22.8. The van der Waals surface area contributed by atoms with E-state index in [0.29, 0.717) is 40.4 Å². The Labute approximate surface area is 229 Å². The highest BCUT2D eigenvalue weighted by Crippen LogP contribution is 2.41. The Morgan fingerprint density at radius 2 is 1.69 bits per heavy atom. The van der Waals surface area contributed by atoms with Gasteiger partial charge in [-0.15, -0.1) is 11.3 Å². The number of hydrogen-bond acceptors (Lipinski definition) is 5. The fourth-order valence-electron chi connectivity index (χ4n) is 4.60. The summed E-state index contributed by atoms with van der Waals surface area (Å²) >= 11 is 1.19. The number of carboxylic acids is 1. The van der Waals surface area contributed by atoms with Gasteiger partial charge in [-0.3, -0.25) is 0 Å². The lowest BCUT2D eigenvalue weighted by atomic mass is 9.95. The van der Waals surface area contributed by atoms with E-state index in [1.54, 1.807) is 16.4 Å². The topological polar surface area (TPSA) is 73.7 Å². The van der Waals surface area contributed by atoms with Crippen molar-refractivity contribution in [3.05, 3.63) is 98.5 Å². The predicted molar refractivity (Wildman–Crippen MR) is 148 cm³/mol. The fourth-order valence-corrected chi connectivity index (χ4v) is 5.47. The highest BCUT2D eigenvalue weighted by atomic mass is 32.1. The molecule has 2 aromatic carbocycles. The number of aliphatic hydroxyl groups excluding tert-OH is 1. The van der Waals surface area contributed by atoms with Gasteiger partial charge in [-0.1, -0.05) is 49.8 Å². The number of rotatable bonds is 7. The Kier molecular flexibility index (Phi) is 8.13. The van der Waals surface area contributed by atoms with Crippen LogP contribution < -0.4 is 4.90 Å². The average Bonchev–Trinajstić information content (AvgIpc) is 3.38. The predicted octanol–water partition coefficient (Wildman–Crippen LogP) is 7.48. The minimum atomic E-state index is -4.44. The number of carboxylic acid groups (broad SMARTS) is 1. The monoisotopic (exact) mass is 554 g/mol. The van der Waals surface area contributed by atoms with E-state index < -0.39 is 23.9 Å². The third-order valence-corrected chi connectivity index (χ3v) is 7.37. The SMILES string of the molecule is CCc1cccc(CC)c1N1C(C=C(C)C)=C(C(=O)O)C=C(c2nc(-c3ccc(C(F)(F)F)cc3)cs2)C1O. The molecule has 3 aromatic rings. The van der Waals surface area contributed by atoms with Gasteiger partial charge in [0.1, 0.15) is 5.01 Å². The summed E-state index contributed by atoms with van der Waals surface area (Å²) in [5, 5.41) is 24.1. The highest BCUT2D eigenvalue weighted by molar-refractivity contribution is 7.11. The molecule has 1 atom stereocenters. The Morgan fingerprint density at radius 1 is 1.08 bits per heavy atom. The van der Waals surface area contributed by atoms with Gasteiger partial charge in [0.05, 0.1) is 28.2 Å². The van der Waals surface area contributed by atoms with Gasteiger partial charge >= 0.3 is 12.1 Å². The van der Waals surface area contributed by atoms with Gasteiger partial charge in [-0.05, 0) is 62.1 Å². The molecule has 204 valence electrons. The Hall–Kier alpha value is -3.69. The molecule has 9 heteroatoms. The molecule has 4 rings (SSSR count). The Morgan fingerprint density at radius 3 is 2.21 bits per heavy atom. The van der Waals surface area contributed by atoms with Crippen LogP contribution in [-0.4, -0.2) is 27.4 Å². The summed E-state index contributed by atoms with van der Waals surface area (Å²) in [5.41, 5.74) is 4.38. The molecular formula is C30H29F3N2O3S. The molecule has 1 aromatic heterocycles. The maximum absolute atomic E-state index is 13.0. The van der Waals surface area contributed by atoms with E-state index in [2.05, 4.69) is 4.98 Å². The van der Waals surface area contributed by atoms with Crippen LogP contribution >= 0.6 is 11.3 Å². The number of allylic oxidation sites excluding steroid dienone is 2. The van der Waals surface area contributed by atoms with Crippen molar-refractivity contribution in [3.63, 3.8) is 0 Å². The highest BCUT2D eigenvalue weighted by Gasteiger charge is 2.35.